The highest BCUT2D eigenvalue weighted by atomic mass is 32.2. The van der Waals surface area contributed by atoms with Gasteiger partial charge in [0.15, 0.2) is 0 Å². The maximum Gasteiger partial charge on any atom is 0.128 e. The topological polar surface area (TPSA) is 31.4 Å². The van der Waals surface area contributed by atoms with Gasteiger partial charge < -0.3 is 15.1 Å². The minimum Gasteiger partial charge on any atom is -0.369 e. The number of anilines is 2. The molecule has 0 unspecified atom stereocenters. The predicted molar refractivity (Wildman–Crippen MR) is 78.9 cm³/mol. The molecule has 1 N–H and O–H groups in total. The average molecular weight is 264 g/mol. The van der Waals surface area contributed by atoms with Crippen LogP contribution in [0.3, 0.4) is 0 Å². The van der Waals surface area contributed by atoms with Crippen molar-refractivity contribution in [2.75, 3.05) is 60.6 Å². The van der Waals surface area contributed by atoms with E-state index in [0.29, 0.717) is 0 Å². The van der Waals surface area contributed by atoms with Crippen LogP contribution in [0, 0.1) is 0 Å². The Bertz CT molecular complexity index is 332. The lowest BCUT2D eigenvalue weighted by Gasteiger charge is -2.30. The van der Waals surface area contributed by atoms with Crippen molar-refractivity contribution in [3.05, 3.63) is 18.3 Å². The summed E-state index contributed by atoms with van der Waals surface area (Å²) in [5.74, 6) is 3.59. The summed E-state index contributed by atoms with van der Waals surface area (Å²) in [6, 6.07) is 4.39. The first-order chi connectivity index (χ1) is 8.93. The van der Waals surface area contributed by atoms with Crippen molar-refractivity contribution in [3.63, 3.8) is 0 Å². The van der Waals surface area contributed by atoms with E-state index in [9.17, 15) is 0 Å². The normalized spacial score (nSPS) is 21.1. The summed E-state index contributed by atoms with van der Waals surface area (Å²) in [4.78, 5) is 9.42. The number of nitrogens with zero attached hydrogens (tertiary/aromatic N) is 3. The molecule has 2 fully saturated rings. The molecule has 3 heterocycles. The second-order valence-corrected chi connectivity index (χ2v) is 5.94. The fourth-order valence-corrected chi connectivity index (χ4v) is 3.37. The second kappa shape index (κ2) is 5.80. The van der Waals surface area contributed by atoms with Crippen LogP contribution >= 0.6 is 11.8 Å². The molecule has 0 bridgehead atoms. The van der Waals surface area contributed by atoms with E-state index >= 15 is 0 Å². The Balaban J connectivity index is 1.67. The maximum absolute atomic E-state index is 4.63. The van der Waals surface area contributed by atoms with Crippen molar-refractivity contribution in [1.29, 1.82) is 0 Å². The van der Waals surface area contributed by atoms with Gasteiger partial charge in [0.2, 0.25) is 0 Å². The zero-order valence-electron chi connectivity index (χ0n) is 10.6. The average Bonchev–Trinajstić information content (AvgIpc) is 2.49. The summed E-state index contributed by atoms with van der Waals surface area (Å²) in [5.41, 5.74) is 1.27. The molecule has 0 aromatic carbocycles. The lowest BCUT2D eigenvalue weighted by molar-refractivity contribution is 0.585. The summed E-state index contributed by atoms with van der Waals surface area (Å²) in [6.45, 7) is 6.55. The van der Waals surface area contributed by atoms with Crippen molar-refractivity contribution in [2.24, 2.45) is 0 Å². The van der Waals surface area contributed by atoms with Crippen molar-refractivity contribution < 1.29 is 0 Å². The van der Waals surface area contributed by atoms with Crippen LogP contribution in [0.15, 0.2) is 18.3 Å². The van der Waals surface area contributed by atoms with Crippen LogP contribution in [0.2, 0.25) is 0 Å². The van der Waals surface area contributed by atoms with Crippen LogP contribution in [-0.2, 0) is 0 Å². The molecule has 0 amide bonds. The van der Waals surface area contributed by atoms with E-state index < -0.39 is 0 Å². The molecule has 98 valence electrons. The molecule has 2 aliphatic heterocycles. The molecule has 2 saturated heterocycles. The van der Waals surface area contributed by atoms with E-state index in [0.717, 1.165) is 45.1 Å². The molecular formula is C13H20N4S. The van der Waals surface area contributed by atoms with Gasteiger partial charge in [0.25, 0.3) is 0 Å². The molecule has 1 aromatic rings. The third kappa shape index (κ3) is 2.72. The van der Waals surface area contributed by atoms with E-state index in [-0.39, 0.29) is 0 Å². The highest BCUT2D eigenvalue weighted by Gasteiger charge is 2.14. The first-order valence-corrected chi connectivity index (χ1v) is 7.83. The molecule has 0 saturated carbocycles. The van der Waals surface area contributed by atoms with E-state index in [1.165, 1.54) is 17.2 Å². The van der Waals surface area contributed by atoms with Crippen LogP contribution < -0.4 is 15.1 Å². The number of rotatable bonds is 2. The number of pyridine rings is 1. The first-order valence-electron chi connectivity index (χ1n) is 6.68. The van der Waals surface area contributed by atoms with Gasteiger partial charge in [-0.2, -0.15) is 11.8 Å². The van der Waals surface area contributed by atoms with Gasteiger partial charge in [-0.25, -0.2) is 4.98 Å². The summed E-state index contributed by atoms with van der Waals surface area (Å²) in [5, 5.41) is 3.37. The molecule has 1 aromatic heterocycles. The van der Waals surface area contributed by atoms with Crippen molar-refractivity contribution in [1.82, 2.24) is 10.3 Å². The van der Waals surface area contributed by atoms with Crippen molar-refractivity contribution >= 4 is 23.3 Å². The number of thioether (sulfide) groups is 1. The van der Waals surface area contributed by atoms with Gasteiger partial charge in [-0.1, -0.05) is 0 Å². The summed E-state index contributed by atoms with van der Waals surface area (Å²) < 4.78 is 0. The van der Waals surface area contributed by atoms with Gasteiger partial charge in [0.05, 0.1) is 11.9 Å². The SMILES string of the molecule is c1cc(N2CCNCC2)ncc1N1CCSCC1. The Labute approximate surface area is 113 Å². The highest BCUT2D eigenvalue weighted by molar-refractivity contribution is 7.99. The zero-order chi connectivity index (χ0) is 12.2. The number of piperazine rings is 1. The van der Waals surface area contributed by atoms with Gasteiger partial charge in [0.1, 0.15) is 5.82 Å². The third-order valence-corrected chi connectivity index (χ3v) is 4.49. The van der Waals surface area contributed by atoms with E-state index in [1.807, 2.05) is 18.0 Å². The molecule has 0 atom stereocenters. The number of hydrogen-bond donors (Lipinski definition) is 1. The predicted octanol–water partition coefficient (Wildman–Crippen LogP) is 1.04. The Morgan fingerprint density at radius 2 is 1.78 bits per heavy atom. The summed E-state index contributed by atoms with van der Waals surface area (Å²) in [6.07, 6.45) is 2.04. The minimum atomic E-state index is 1.06. The molecule has 4 nitrogen and oxygen atoms in total. The molecular weight excluding hydrogens is 244 g/mol. The van der Waals surface area contributed by atoms with Crippen LogP contribution in [0.4, 0.5) is 11.5 Å². The number of hydrogen-bond acceptors (Lipinski definition) is 5. The number of aromatic nitrogens is 1. The first kappa shape index (κ1) is 12.1. The number of nitrogens with one attached hydrogen (secondary N) is 1. The van der Waals surface area contributed by atoms with Gasteiger partial charge >= 0.3 is 0 Å². The molecule has 2 aliphatic rings. The Kier molecular flexibility index (Phi) is 3.90. The Hall–Kier alpha value is -0.940. The molecule has 18 heavy (non-hydrogen) atoms. The second-order valence-electron chi connectivity index (χ2n) is 4.71. The van der Waals surface area contributed by atoms with Crippen molar-refractivity contribution in [2.45, 2.75) is 0 Å². The third-order valence-electron chi connectivity index (χ3n) is 3.55. The van der Waals surface area contributed by atoms with Gasteiger partial charge in [0, 0.05) is 50.8 Å². The fourth-order valence-electron chi connectivity index (χ4n) is 2.47. The molecule has 0 spiro atoms. The molecule has 3 rings (SSSR count). The smallest absolute Gasteiger partial charge is 0.128 e. The van der Waals surface area contributed by atoms with Gasteiger partial charge in [-0.15, -0.1) is 0 Å². The van der Waals surface area contributed by atoms with Crippen LogP contribution in [0.5, 0.6) is 0 Å². The largest absolute Gasteiger partial charge is 0.369 e. The minimum absolute atomic E-state index is 1.06. The summed E-state index contributed by atoms with van der Waals surface area (Å²) in [7, 11) is 0. The Morgan fingerprint density at radius 1 is 1.00 bits per heavy atom. The lowest BCUT2D eigenvalue weighted by atomic mass is 10.3. The zero-order valence-corrected chi connectivity index (χ0v) is 11.5. The monoisotopic (exact) mass is 264 g/mol. The van der Waals surface area contributed by atoms with Crippen LogP contribution in [-0.4, -0.2) is 55.8 Å². The van der Waals surface area contributed by atoms with Crippen LogP contribution in [0.25, 0.3) is 0 Å². The van der Waals surface area contributed by atoms with Crippen molar-refractivity contribution in [3.8, 4) is 0 Å². The van der Waals surface area contributed by atoms with Crippen LogP contribution in [0.1, 0.15) is 0 Å². The van der Waals surface area contributed by atoms with E-state index in [4.69, 9.17) is 0 Å². The molecule has 0 aliphatic carbocycles. The fraction of sp³-hybridized carbons (Fsp3) is 0.615. The van der Waals surface area contributed by atoms with Gasteiger partial charge in [-0.3, -0.25) is 0 Å². The Morgan fingerprint density at radius 3 is 2.44 bits per heavy atom. The standard InChI is InChI=1S/C13H20N4S/c1-2-13(17-5-3-14-4-6-17)15-11-12(1)16-7-9-18-10-8-16/h1-2,11,14H,3-10H2. The lowest BCUT2D eigenvalue weighted by Crippen LogP contribution is -2.43. The maximum atomic E-state index is 4.63. The summed E-state index contributed by atoms with van der Waals surface area (Å²) >= 11 is 2.04. The van der Waals surface area contributed by atoms with E-state index in [1.54, 1.807) is 0 Å². The van der Waals surface area contributed by atoms with E-state index in [2.05, 4.69) is 32.2 Å². The molecule has 0 radical (unpaired) electrons. The molecule has 5 heteroatoms. The quantitative estimate of drug-likeness (QED) is 0.863. The highest BCUT2D eigenvalue weighted by Crippen LogP contribution is 2.21. The van der Waals surface area contributed by atoms with Gasteiger partial charge in [-0.05, 0) is 12.1 Å².